The first-order chi connectivity index (χ1) is 13.7. The van der Waals surface area contributed by atoms with Gasteiger partial charge in [-0.25, -0.2) is 4.79 Å². The van der Waals surface area contributed by atoms with Crippen LogP contribution in [0.2, 0.25) is 0 Å². The molecule has 0 saturated carbocycles. The van der Waals surface area contributed by atoms with Crippen LogP contribution in [0.25, 0.3) is 11.6 Å². The van der Waals surface area contributed by atoms with Crippen molar-refractivity contribution in [3.05, 3.63) is 81.9 Å². The highest BCUT2D eigenvalue weighted by molar-refractivity contribution is 5.89. The van der Waals surface area contributed by atoms with Gasteiger partial charge in [-0.2, -0.15) is 0 Å². The number of rotatable bonds is 3. The molecule has 2 nitrogen and oxygen atoms in total. The van der Waals surface area contributed by atoms with E-state index in [9.17, 15) is 4.79 Å². The Morgan fingerprint density at radius 2 is 1.59 bits per heavy atom. The number of carboxylic acids is 1. The van der Waals surface area contributed by atoms with Crippen molar-refractivity contribution in [1.82, 2.24) is 0 Å². The minimum Gasteiger partial charge on any atom is -0.478 e. The number of hydrogen-bond acceptors (Lipinski definition) is 1. The van der Waals surface area contributed by atoms with E-state index < -0.39 is 5.97 Å². The summed E-state index contributed by atoms with van der Waals surface area (Å²) in [6, 6.07) is 14.2. The second-order valence-corrected chi connectivity index (χ2v) is 9.78. The van der Waals surface area contributed by atoms with Crippen molar-refractivity contribution in [2.75, 3.05) is 0 Å². The lowest BCUT2D eigenvalue weighted by atomic mass is 9.63. The van der Waals surface area contributed by atoms with Crippen LogP contribution in [0.15, 0.2) is 54.1 Å². The molecule has 2 aromatic rings. The number of carbonyl (C=O) groups is 1. The molecule has 29 heavy (non-hydrogen) atoms. The standard InChI is InChI=1S/C27H30O2/c1-26(2)14-15-27(3,4)24-17-21(12-13-23(24)26)22-7-5-6-20(22)16-18-8-10-19(11-9-18)25(28)29/h7-13,16-17H,5-6,14-15H2,1-4H3,(H,28,29)/b20-16+. The quantitative estimate of drug-likeness (QED) is 0.617. The van der Waals surface area contributed by atoms with Gasteiger partial charge in [-0.15, -0.1) is 0 Å². The van der Waals surface area contributed by atoms with Crippen LogP contribution in [-0.2, 0) is 10.8 Å². The summed E-state index contributed by atoms with van der Waals surface area (Å²) in [7, 11) is 0. The molecule has 4 rings (SSSR count). The van der Waals surface area contributed by atoms with Crippen LogP contribution in [0.1, 0.15) is 86.0 Å². The fraction of sp³-hybridized carbons (Fsp3) is 0.370. The van der Waals surface area contributed by atoms with Gasteiger partial charge in [0.2, 0.25) is 0 Å². The normalized spacial score (nSPS) is 21.0. The third kappa shape index (κ3) is 3.69. The van der Waals surface area contributed by atoms with Crippen LogP contribution < -0.4 is 0 Å². The van der Waals surface area contributed by atoms with E-state index in [0.29, 0.717) is 5.56 Å². The zero-order chi connectivity index (χ0) is 20.8. The van der Waals surface area contributed by atoms with Crippen molar-refractivity contribution >= 4 is 17.6 Å². The van der Waals surface area contributed by atoms with Crippen LogP contribution in [0, 0.1) is 0 Å². The van der Waals surface area contributed by atoms with Crippen molar-refractivity contribution in [2.45, 2.75) is 64.2 Å². The molecule has 0 fully saturated rings. The smallest absolute Gasteiger partial charge is 0.335 e. The zero-order valence-electron chi connectivity index (χ0n) is 17.9. The van der Waals surface area contributed by atoms with Crippen molar-refractivity contribution in [3.63, 3.8) is 0 Å². The monoisotopic (exact) mass is 386 g/mol. The number of fused-ring (bicyclic) bond motifs is 1. The summed E-state index contributed by atoms with van der Waals surface area (Å²) in [6.07, 6.45) is 9.09. The third-order valence-corrected chi connectivity index (χ3v) is 6.77. The Morgan fingerprint density at radius 1 is 0.931 bits per heavy atom. The van der Waals surface area contributed by atoms with E-state index >= 15 is 0 Å². The largest absolute Gasteiger partial charge is 0.478 e. The van der Waals surface area contributed by atoms with Crippen molar-refractivity contribution in [2.24, 2.45) is 0 Å². The number of carboxylic acid groups (broad SMARTS) is 1. The van der Waals surface area contributed by atoms with Crippen LogP contribution in [0.4, 0.5) is 0 Å². The average molecular weight is 387 g/mol. The number of aromatic carboxylic acids is 1. The molecule has 2 heteroatoms. The predicted molar refractivity (Wildman–Crippen MR) is 120 cm³/mol. The van der Waals surface area contributed by atoms with Crippen molar-refractivity contribution < 1.29 is 9.90 Å². The molecule has 0 atom stereocenters. The Morgan fingerprint density at radius 3 is 2.24 bits per heavy atom. The van der Waals surface area contributed by atoms with Gasteiger partial charge in [0.05, 0.1) is 5.56 Å². The van der Waals surface area contributed by atoms with E-state index in [1.807, 2.05) is 12.1 Å². The molecule has 0 heterocycles. The maximum Gasteiger partial charge on any atom is 0.335 e. The Hall–Kier alpha value is -2.61. The Bertz CT molecular complexity index is 1020. The lowest BCUT2D eigenvalue weighted by molar-refractivity contribution is 0.0697. The van der Waals surface area contributed by atoms with Gasteiger partial charge in [0.1, 0.15) is 0 Å². The first kappa shape index (κ1) is 19.7. The summed E-state index contributed by atoms with van der Waals surface area (Å²) in [6.45, 7) is 9.46. The van der Waals surface area contributed by atoms with E-state index in [1.54, 1.807) is 12.1 Å². The molecule has 1 N–H and O–H groups in total. The summed E-state index contributed by atoms with van der Waals surface area (Å²) in [5.74, 6) is -0.884. The SMILES string of the molecule is CC1(C)CCC(C)(C)c2cc(C3=CCC/C3=C\c3ccc(C(=O)O)cc3)ccc21. The van der Waals surface area contributed by atoms with E-state index in [4.69, 9.17) is 5.11 Å². The maximum atomic E-state index is 11.1. The van der Waals surface area contributed by atoms with Crippen molar-refractivity contribution in [1.29, 1.82) is 0 Å². The molecule has 0 spiro atoms. The van der Waals surface area contributed by atoms with Crippen LogP contribution in [-0.4, -0.2) is 11.1 Å². The lowest BCUT2D eigenvalue weighted by Gasteiger charge is -2.42. The predicted octanol–water partition coefficient (Wildman–Crippen LogP) is 6.99. The van der Waals surface area contributed by atoms with Crippen LogP contribution >= 0.6 is 0 Å². The van der Waals surface area contributed by atoms with Gasteiger partial charge in [0.15, 0.2) is 0 Å². The summed E-state index contributed by atoms with van der Waals surface area (Å²) < 4.78 is 0. The number of allylic oxidation sites excluding steroid dienone is 3. The highest BCUT2D eigenvalue weighted by Crippen LogP contribution is 2.47. The van der Waals surface area contributed by atoms with Crippen LogP contribution in [0.5, 0.6) is 0 Å². The number of benzene rings is 2. The van der Waals surface area contributed by atoms with Gasteiger partial charge in [-0.05, 0) is 82.0 Å². The summed E-state index contributed by atoms with van der Waals surface area (Å²) in [5.41, 5.74) is 8.77. The zero-order valence-corrected chi connectivity index (χ0v) is 17.9. The molecule has 0 radical (unpaired) electrons. The third-order valence-electron chi connectivity index (χ3n) is 6.77. The van der Waals surface area contributed by atoms with Gasteiger partial charge < -0.3 is 5.11 Å². The Labute approximate surface area is 174 Å². The van der Waals surface area contributed by atoms with Crippen LogP contribution in [0.3, 0.4) is 0 Å². The van der Waals surface area contributed by atoms with Gasteiger partial charge in [0.25, 0.3) is 0 Å². The molecule has 0 amide bonds. The average Bonchev–Trinajstić information content (AvgIpc) is 3.14. The molecule has 0 aliphatic heterocycles. The topological polar surface area (TPSA) is 37.3 Å². The van der Waals surface area contributed by atoms with E-state index in [-0.39, 0.29) is 10.8 Å². The first-order valence-electron chi connectivity index (χ1n) is 10.6. The summed E-state index contributed by atoms with van der Waals surface area (Å²) >= 11 is 0. The Kier molecular flexibility index (Phi) is 4.77. The fourth-order valence-corrected chi connectivity index (χ4v) is 4.77. The van der Waals surface area contributed by atoms with Gasteiger partial charge in [-0.1, -0.05) is 70.2 Å². The molecule has 0 bridgehead atoms. The Balaban J connectivity index is 1.70. The maximum absolute atomic E-state index is 11.1. The second kappa shape index (κ2) is 7.02. The van der Waals surface area contributed by atoms with Gasteiger partial charge >= 0.3 is 5.97 Å². The molecule has 0 unspecified atom stereocenters. The molecule has 2 aromatic carbocycles. The molecule has 2 aliphatic rings. The van der Waals surface area contributed by atoms with E-state index in [1.165, 1.54) is 40.7 Å². The minimum atomic E-state index is -0.884. The van der Waals surface area contributed by atoms with Gasteiger partial charge in [-0.3, -0.25) is 0 Å². The highest BCUT2D eigenvalue weighted by Gasteiger charge is 2.37. The first-order valence-corrected chi connectivity index (χ1v) is 10.6. The molecular weight excluding hydrogens is 356 g/mol. The second-order valence-electron chi connectivity index (χ2n) is 9.78. The lowest BCUT2D eigenvalue weighted by Crippen LogP contribution is -2.33. The molecule has 2 aliphatic carbocycles. The fourth-order valence-electron chi connectivity index (χ4n) is 4.77. The summed E-state index contributed by atoms with van der Waals surface area (Å²) in [5, 5.41) is 9.10. The van der Waals surface area contributed by atoms with E-state index in [0.717, 1.165) is 18.4 Å². The van der Waals surface area contributed by atoms with Crippen molar-refractivity contribution in [3.8, 4) is 0 Å². The highest BCUT2D eigenvalue weighted by atomic mass is 16.4. The van der Waals surface area contributed by atoms with E-state index in [2.05, 4.69) is 58.0 Å². The van der Waals surface area contributed by atoms with Gasteiger partial charge in [0, 0.05) is 0 Å². The summed E-state index contributed by atoms with van der Waals surface area (Å²) in [4.78, 5) is 11.1. The molecular formula is C27H30O2. The number of hydrogen-bond donors (Lipinski definition) is 1. The molecule has 0 aromatic heterocycles. The molecule has 0 saturated heterocycles. The molecule has 150 valence electrons. The minimum absolute atomic E-state index is 0.205.